The second kappa shape index (κ2) is 8.44. The van der Waals surface area contributed by atoms with E-state index in [1.54, 1.807) is 12.0 Å². The van der Waals surface area contributed by atoms with E-state index in [0.29, 0.717) is 19.1 Å². The van der Waals surface area contributed by atoms with Crippen LogP contribution in [0.1, 0.15) is 33.6 Å². The van der Waals surface area contributed by atoms with Crippen LogP contribution in [0, 0.1) is 5.92 Å². The fourth-order valence-corrected chi connectivity index (χ4v) is 2.10. The van der Waals surface area contributed by atoms with Crippen LogP contribution in [0.15, 0.2) is 0 Å². The van der Waals surface area contributed by atoms with Crippen LogP contribution in [0.5, 0.6) is 0 Å². The average Bonchev–Trinajstić information content (AvgIpc) is 2.37. The van der Waals surface area contributed by atoms with Crippen LogP contribution in [-0.2, 0) is 14.3 Å². The molecule has 20 heavy (non-hydrogen) atoms. The number of nitrogens with one attached hydrogen (secondary N) is 1. The van der Waals surface area contributed by atoms with Crippen molar-refractivity contribution in [1.29, 1.82) is 0 Å². The van der Waals surface area contributed by atoms with E-state index in [1.165, 1.54) is 0 Å². The van der Waals surface area contributed by atoms with Crippen LogP contribution in [0.4, 0.5) is 4.79 Å². The quantitative estimate of drug-likeness (QED) is 0.596. The zero-order valence-corrected chi connectivity index (χ0v) is 13.1. The van der Waals surface area contributed by atoms with E-state index in [2.05, 4.69) is 5.48 Å². The smallest absolute Gasteiger partial charge is 0.410 e. The third-order valence-corrected chi connectivity index (χ3v) is 3.03. The molecule has 0 bridgehead atoms. The predicted molar refractivity (Wildman–Crippen MR) is 76.4 cm³/mol. The maximum atomic E-state index is 12.0. The van der Waals surface area contributed by atoms with Gasteiger partial charge in [-0.1, -0.05) is 0 Å². The van der Waals surface area contributed by atoms with Gasteiger partial charge in [0.2, 0.25) is 0 Å². The summed E-state index contributed by atoms with van der Waals surface area (Å²) in [5, 5.41) is 0. The molecule has 0 aliphatic carbocycles. The molecule has 0 radical (unpaired) electrons. The zero-order valence-electron chi connectivity index (χ0n) is 13.1. The molecule has 0 spiro atoms. The van der Waals surface area contributed by atoms with E-state index < -0.39 is 5.60 Å². The van der Waals surface area contributed by atoms with E-state index in [4.69, 9.17) is 14.3 Å². The molecule has 118 valence electrons. The summed E-state index contributed by atoms with van der Waals surface area (Å²) in [7, 11) is 1.64. The van der Waals surface area contributed by atoms with Gasteiger partial charge in [0.25, 0.3) is 0 Å². The van der Waals surface area contributed by atoms with Gasteiger partial charge in [-0.2, -0.15) is 0 Å². The lowest BCUT2D eigenvalue weighted by Crippen LogP contribution is -2.45. The van der Waals surface area contributed by atoms with Gasteiger partial charge in [-0.05, 0) is 39.5 Å². The number of ether oxygens (including phenoxy) is 2. The Balaban J connectivity index is 2.26. The molecule has 1 heterocycles. The van der Waals surface area contributed by atoms with Gasteiger partial charge in [0.05, 0.1) is 13.2 Å². The van der Waals surface area contributed by atoms with E-state index in [1.807, 2.05) is 20.8 Å². The molecule has 0 saturated carbocycles. The standard InChI is InChI=1S/C14H28N2O4/c1-14(2,3)20-13(17)16-7-5-6-12(11-16)10-15-19-9-8-18-4/h12,15H,5-11H2,1-4H3. The van der Waals surface area contributed by atoms with Crippen molar-refractivity contribution in [2.45, 2.75) is 39.2 Å². The Bertz CT molecular complexity index is 291. The number of hydrogen-bond donors (Lipinski definition) is 1. The molecule has 1 saturated heterocycles. The highest BCUT2D eigenvalue weighted by Gasteiger charge is 2.27. The van der Waals surface area contributed by atoms with Crippen molar-refractivity contribution in [1.82, 2.24) is 10.4 Å². The summed E-state index contributed by atoms with van der Waals surface area (Å²) in [6.45, 7) is 8.99. The number of amides is 1. The lowest BCUT2D eigenvalue weighted by atomic mass is 9.99. The minimum absolute atomic E-state index is 0.220. The van der Waals surface area contributed by atoms with Gasteiger partial charge in [0.1, 0.15) is 5.60 Å². The van der Waals surface area contributed by atoms with Gasteiger partial charge >= 0.3 is 6.09 Å². The molecule has 1 unspecified atom stereocenters. The largest absolute Gasteiger partial charge is 0.444 e. The molecule has 1 rings (SSSR count). The van der Waals surface area contributed by atoms with E-state index in [-0.39, 0.29) is 6.09 Å². The highest BCUT2D eigenvalue weighted by Crippen LogP contribution is 2.18. The second-order valence-corrected chi connectivity index (χ2v) is 6.12. The first-order chi connectivity index (χ1) is 9.42. The SMILES string of the molecule is COCCONCC1CCCN(C(=O)OC(C)(C)C)C1. The summed E-state index contributed by atoms with van der Waals surface area (Å²) in [4.78, 5) is 19.0. The number of piperidine rings is 1. The second-order valence-electron chi connectivity index (χ2n) is 6.12. The number of nitrogens with zero attached hydrogens (tertiary/aromatic N) is 1. The summed E-state index contributed by atoms with van der Waals surface area (Å²) in [6.07, 6.45) is 1.88. The Morgan fingerprint density at radius 2 is 2.10 bits per heavy atom. The molecule has 1 aliphatic rings. The Kier molecular flexibility index (Phi) is 7.26. The molecule has 6 heteroatoms. The van der Waals surface area contributed by atoms with Crippen LogP contribution >= 0.6 is 0 Å². The minimum Gasteiger partial charge on any atom is -0.444 e. The van der Waals surface area contributed by atoms with Crippen LogP contribution in [0.25, 0.3) is 0 Å². The Morgan fingerprint density at radius 1 is 1.35 bits per heavy atom. The Hall–Kier alpha value is -0.850. The number of likely N-dealkylation sites (tertiary alicyclic amines) is 1. The molecular weight excluding hydrogens is 260 g/mol. The highest BCUT2D eigenvalue weighted by atomic mass is 16.7. The van der Waals surface area contributed by atoms with Crippen molar-refractivity contribution in [3.63, 3.8) is 0 Å². The zero-order chi connectivity index (χ0) is 15.0. The van der Waals surface area contributed by atoms with E-state index >= 15 is 0 Å². The van der Waals surface area contributed by atoms with Crippen molar-refractivity contribution in [3.8, 4) is 0 Å². The molecule has 1 aliphatic heterocycles. The molecule has 1 N–H and O–H groups in total. The predicted octanol–water partition coefficient (Wildman–Crippen LogP) is 1.80. The number of carbonyl (C=O) groups is 1. The van der Waals surface area contributed by atoms with Gasteiger partial charge in [-0.3, -0.25) is 4.84 Å². The lowest BCUT2D eigenvalue weighted by molar-refractivity contribution is -0.00972. The average molecular weight is 288 g/mol. The summed E-state index contributed by atoms with van der Waals surface area (Å²) in [6, 6.07) is 0. The fourth-order valence-electron chi connectivity index (χ4n) is 2.10. The summed E-state index contributed by atoms with van der Waals surface area (Å²) >= 11 is 0. The third kappa shape index (κ3) is 7.07. The maximum Gasteiger partial charge on any atom is 0.410 e. The topological polar surface area (TPSA) is 60.0 Å². The van der Waals surface area contributed by atoms with Gasteiger partial charge in [0.15, 0.2) is 0 Å². The van der Waals surface area contributed by atoms with Crippen molar-refractivity contribution in [2.24, 2.45) is 5.92 Å². The summed E-state index contributed by atoms with van der Waals surface area (Å²) < 4.78 is 10.3. The molecule has 0 aromatic rings. The normalized spacial score (nSPS) is 20.0. The highest BCUT2D eigenvalue weighted by molar-refractivity contribution is 5.68. The van der Waals surface area contributed by atoms with Crippen LogP contribution in [0.2, 0.25) is 0 Å². The first-order valence-electron chi connectivity index (χ1n) is 7.24. The first kappa shape index (κ1) is 17.2. The Morgan fingerprint density at radius 3 is 2.75 bits per heavy atom. The summed E-state index contributed by atoms with van der Waals surface area (Å²) in [5.74, 6) is 0.402. The van der Waals surface area contributed by atoms with Crippen molar-refractivity contribution in [2.75, 3.05) is 40.0 Å². The van der Waals surface area contributed by atoms with Crippen LogP contribution in [-0.4, -0.2) is 56.6 Å². The molecule has 6 nitrogen and oxygen atoms in total. The summed E-state index contributed by atoms with van der Waals surface area (Å²) in [5.41, 5.74) is 2.50. The number of methoxy groups -OCH3 is 1. The van der Waals surface area contributed by atoms with Crippen molar-refractivity contribution in [3.05, 3.63) is 0 Å². The van der Waals surface area contributed by atoms with Gasteiger partial charge in [0, 0.05) is 26.7 Å². The minimum atomic E-state index is -0.439. The van der Waals surface area contributed by atoms with E-state index in [9.17, 15) is 4.79 Å². The number of carbonyl (C=O) groups excluding carboxylic acids is 1. The maximum absolute atomic E-state index is 12.0. The van der Waals surface area contributed by atoms with E-state index in [0.717, 1.165) is 32.5 Å². The monoisotopic (exact) mass is 288 g/mol. The fraction of sp³-hybridized carbons (Fsp3) is 0.929. The number of hydroxylamine groups is 1. The Labute approximate surface area is 121 Å². The molecule has 1 atom stereocenters. The first-order valence-corrected chi connectivity index (χ1v) is 7.24. The number of rotatable bonds is 6. The molecule has 0 aromatic carbocycles. The van der Waals surface area contributed by atoms with Gasteiger partial charge < -0.3 is 14.4 Å². The number of hydrogen-bond acceptors (Lipinski definition) is 5. The molecule has 1 fully saturated rings. The lowest BCUT2D eigenvalue weighted by Gasteiger charge is -2.34. The molecule has 1 amide bonds. The van der Waals surface area contributed by atoms with Crippen LogP contribution in [0.3, 0.4) is 0 Å². The van der Waals surface area contributed by atoms with Crippen molar-refractivity contribution >= 4 is 6.09 Å². The van der Waals surface area contributed by atoms with Crippen LogP contribution < -0.4 is 5.48 Å². The van der Waals surface area contributed by atoms with Gasteiger partial charge in [-0.25, -0.2) is 10.3 Å². The molecular formula is C14H28N2O4. The van der Waals surface area contributed by atoms with Gasteiger partial charge in [-0.15, -0.1) is 0 Å². The third-order valence-electron chi connectivity index (χ3n) is 3.03. The molecule has 0 aromatic heterocycles. The van der Waals surface area contributed by atoms with Crippen molar-refractivity contribution < 1.29 is 19.1 Å².